The van der Waals surface area contributed by atoms with Crippen LogP contribution in [0.4, 0.5) is 0 Å². The molecule has 0 bridgehead atoms. The van der Waals surface area contributed by atoms with Gasteiger partial charge in [-0.3, -0.25) is 14.5 Å². The van der Waals surface area contributed by atoms with Crippen LogP contribution in [0.3, 0.4) is 0 Å². The van der Waals surface area contributed by atoms with Gasteiger partial charge in [0.2, 0.25) is 5.91 Å². The summed E-state index contributed by atoms with van der Waals surface area (Å²) in [6, 6.07) is 0. The van der Waals surface area contributed by atoms with Gasteiger partial charge in [0.1, 0.15) is 0 Å². The number of nitrogens with one attached hydrogen (secondary N) is 1. The number of amides is 1. The lowest BCUT2D eigenvalue weighted by molar-refractivity contribution is -0.139. The van der Waals surface area contributed by atoms with Gasteiger partial charge in [-0.25, -0.2) is 0 Å². The van der Waals surface area contributed by atoms with Crippen molar-refractivity contribution in [3.63, 3.8) is 0 Å². The summed E-state index contributed by atoms with van der Waals surface area (Å²) in [6.07, 6.45) is 0. The minimum Gasteiger partial charge on any atom is -0.480 e. The summed E-state index contributed by atoms with van der Waals surface area (Å²) in [6.45, 7) is 8.93. The Balaban J connectivity index is 2.29. The fraction of sp³-hybridized carbons (Fsp3) is 0.833. The molecule has 0 aliphatic carbocycles. The summed E-state index contributed by atoms with van der Waals surface area (Å²) < 4.78 is 0. The van der Waals surface area contributed by atoms with E-state index >= 15 is 0 Å². The largest absolute Gasteiger partial charge is 0.480 e. The minimum absolute atomic E-state index is 0.0578. The number of rotatable bonds is 4. The molecule has 0 saturated carbocycles. The Labute approximate surface area is 108 Å². The number of hydrogen-bond donors (Lipinski definition) is 2. The summed E-state index contributed by atoms with van der Waals surface area (Å²) >= 11 is 0. The number of hydrogen-bond acceptors (Lipinski definition) is 4. The van der Waals surface area contributed by atoms with Crippen LogP contribution in [0.15, 0.2) is 0 Å². The summed E-state index contributed by atoms with van der Waals surface area (Å²) in [7, 11) is 0. The van der Waals surface area contributed by atoms with E-state index in [0.29, 0.717) is 32.7 Å². The second kappa shape index (κ2) is 6.15. The molecule has 1 heterocycles. The van der Waals surface area contributed by atoms with Gasteiger partial charge in [0.25, 0.3) is 0 Å². The smallest absolute Gasteiger partial charge is 0.317 e. The maximum atomic E-state index is 11.9. The van der Waals surface area contributed by atoms with Crippen LogP contribution in [0.5, 0.6) is 0 Å². The van der Waals surface area contributed by atoms with E-state index in [9.17, 15) is 9.59 Å². The van der Waals surface area contributed by atoms with Crippen LogP contribution in [0.2, 0.25) is 0 Å². The highest BCUT2D eigenvalue weighted by atomic mass is 16.4. The molecule has 104 valence electrons. The molecular formula is C12H23N3O3. The van der Waals surface area contributed by atoms with Crippen molar-refractivity contribution in [1.82, 2.24) is 15.1 Å². The maximum Gasteiger partial charge on any atom is 0.317 e. The number of aliphatic carboxylic acids is 1. The zero-order chi connectivity index (χ0) is 13.8. The highest BCUT2D eigenvalue weighted by Crippen LogP contribution is 2.03. The van der Waals surface area contributed by atoms with Crippen molar-refractivity contribution in [3.8, 4) is 0 Å². The second-order valence-electron chi connectivity index (χ2n) is 5.65. The quantitative estimate of drug-likeness (QED) is 0.717. The highest BCUT2D eigenvalue weighted by Gasteiger charge is 2.22. The van der Waals surface area contributed by atoms with E-state index in [0.717, 1.165) is 0 Å². The maximum absolute atomic E-state index is 11.9. The molecule has 0 atom stereocenters. The molecule has 0 aromatic carbocycles. The molecule has 1 amide bonds. The van der Waals surface area contributed by atoms with Crippen LogP contribution in [-0.2, 0) is 9.59 Å². The number of carboxylic acid groups (broad SMARTS) is 1. The first-order valence-corrected chi connectivity index (χ1v) is 6.25. The average molecular weight is 257 g/mol. The third kappa shape index (κ3) is 5.46. The van der Waals surface area contributed by atoms with Crippen molar-refractivity contribution >= 4 is 11.9 Å². The zero-order valence-corrected chi connectivity index (χ0v) is 11.4. The molecule has 1 saturated heterocycles. The van der Waals surface area contributed by atoms with Crippen molar-refractivity contribution < 1.29 is 14.7 Å². The number of piperazine rings is 1. The van der Waals surface area contributed by atoms with E-state index in [4.69, 9.17) is 5.11 Å². The van der Waals surface area contributed by atoms with Gasteiger partial charge in [-0.2, -0.15) is 0 Å². The van der Waals surface area contributed by atoms with E-state index in [-0.39, 0.29) is 18.0 Å². The van der Waals surface area contributed by atoms with Gasteiger partial charge in [0.05, 0.1) is 13.1 Å². The van der Waals surface area contributed by atoms with E-state index in [2.05, 4.69) is 5.32 Å². The molecular weight excluding hydrogens is 234 g/mol. The first-order valence-electron chi connectivity index (χ1n) is 6.25. The normalized spacial score (nSPS) is 17.8. The monoisotopic (exact) mass is 257 g/mol. The fourth-order valence-corrected chi connectivity index (χ4v) is 1.80. The van der Waals surface area contributed by atoms with Gasteiger partial charge < -0.3 is 15.3 Å². The van der Waals surface area contributed by atoms with E-state index in [1.54, 1.807) is 4.90 Å². The molecule has 1 rings (SSSR count). The van der Waals surface area contributed by atoms with Crippen molar-refractivity contribution in [3.05, 3.63) is 0 Å². The molecule has 1 aliphatic heterocycles. The average Bonchev–Trinajstić information content (AvgIpc) is 2.25. The van der Waals surface area contributed by atoms with E-state index < -0.39 is 5.97 Å². The molecule has 1 aliphatic rings. The SMILES string of the molecule is CC(C)(C)NCC(=O)N1CCN(CC(=O)O)CC1. The molecule has 0 aromatic rings. The van der Waals surface area contributed by atoms with Crippen LogP contribution < -0.4 is 5.32 Å². The molecule has 0 radical (unpaired) electrons. The predicted molar refractivity (Wildman–Crippen MR) is 68.4 cm³/mol. The fourth-order valence-electron chi connectivity index (χ4n) is 1.80. The topological polar surface area (TPSA) is 72.9 Å². The standard InChI is InChI=1S/C12H23N3O3/c1-12(2,3)13-8-10(16)15-6-4-14(5-7-15)9-11(17)18/h13H,4-9H2,1-3H3,(H,17,18). The van der Waals surface area contributed by atoms with Gasteiger partial charge in [-0.15, -0.1) is 0 Å². The molecule has 6 heteroatoms. The summed E-state index contributed by atoms with van der Waals surface area (Å²) in [5.74, 6) is -0.732. The van der Waals surface area contributed by atoms with Gasteiger partial charge in [-0.05, 0) is 20.8 Å². The lowest BCUT2D eigenvalue weighted by Crippen LogP contribution is -2.53. The molecule has 0 aromatic heterocycles. The molecule has 18 heavy (non-hydrogen) atoms. The van der Waals surface area contributed by atoms with Crippen molar-refractivity contribution in [2.75, 3.05) is 39.3 Å². The highest BCUT2D eigenvalue weighted by molar-refractivity contribution is 5.78. The number of nitrogens with zero attached hydrogens (tertiary/aromatic N) is 2. The third-order valence-corrected chi connectivity index (χ3v) is 2.85. The summed E-state index contributed by atoms with van der Waals surface area (Å²) in [5.41, 5.74) is -0.0687. The number of carbonyl (C=O) groups excluding carboxylic acids is 1. The Morgan fingerprint density at radius 1 is 1.17 bits per heavy atom. The molecule has 0 spiro atoms. The zero-order valence-electron chi connectivity index (χ0n) is 11.4. The lowest BCUT2D eigenvalue weighted by Gasteiger charge is -2.34. The lowest BCUT2D eigenvalue weighted by atomic mass is 10.1. The number of carbonyl (C=O) groups is 2. The van der Waals surface area contributed by atoms with Crippen LogP contribution in [0.1, 0.15) is 20.8 Å². The Morgan fingerprint density at radius 2 is 1.72 bits per heavy atom. The third-order valence-electron chi connectivity index (χ3n) is 2.85. The van der Waals surface area contributed by atoms with Crippen LogP contribution in [-0.4, -0.2) is 71.6 Å². The molecule has 1 fully saturated rings. The van der Waals surface area contributed by atoms with Crippen LogP contribution in [0.25, 0.3) is 0 Å². The Kier molecular flexibility index (Phi) is 5.10. The molecule has 6 nitrogen and oxygen atoms in total. The van der Waals surface area contributed by atoms with Gasteiger partial charge >= 0.3 is 5.97 Å². The van der Waals surface area contributed by atoms with E-state index in [1.165, 1.54) is 0 Å². The Hall–Kier alpha value is -1.14. The van der Waals surface area contributed by atoms with E-state index in [1.807, 2.05) is 25.7 Å². The van der Waals surface area contributed by atoms with Gasteiger partial charge in [0, 0.05) is 31.7 Å². The summed E-state index contributed by atoms with van der Waals surface area (Å²) in [5, 5.41) is 11.8. The second-order valence-corrected chi connectivity index (χ2v) is 5.65. The van der Waals surface area contributed by atoms with Crippen molar-refractivity contribution in [2.45, 2.75) is 26.3 Å². The summed E-state index contributed by atoms with van der Waals surface area (Å²) in [4.78, 5) is 26.1. The van der Waals surface area contributed by atoms with Crippen LogP contribution in [0, 0.1) is 0 Å². The first-order chi connectivity index (χ1) is 8.28. The Morgan fingerprint density at radius 3 is 2.17 bits per heavy atom. The van der Waals surface area contributed by atoms with Gasteiger partial charge in [-0.1, -0.05) is 0 Å². The minimum atomic E-state index is -0.816. The van der Waals surface area contributed by atoms with Crippen molar-refractivity contribution in [2.24, 2.45) is 0 Å². The Bertz CT molecular complexity index is 304. The van der Waals surface area contributed by atoms with Crippen LogP contribution >= 0.6 is 0 Å². The molecule has 0 unspecified atom stereocenters. The molecule has 2 N–H and O–H groups in total. The van der Waals surface area contributed by atoms with Gasteiger partial charge in [0.15, 0.2) is 0 Å². The van der Waals surface area contributed by atoms with Crippen molar-refractivity contribution in [1.29, 1.82) is 0 Å². The first kappa shape index (κ1) is 14.9. The predicted octanol–water partition coefficient (Wildman–Crippen LogP) is -0.397. The number of carboxylic acids is 1.